The summed E-state index contributed by atoms with van der Waals surface area (Å²) in [5.74, 6) is -1.53. The van der Waals surface area contributed by atoms with Crippen molar-refractivity contribution in [1.82, 2.24) is 10.3 Å². The summed E-state index contributed by atoms with van der Waals surface area (Å²) in [6.45, 7) is 0.433. The van der Waals surface area contributed by atoms with E-state index in [1.807, 2.05) is 35.7 Å². The van der Waals surface area contributed by atoms with E-state index in [9.17, 15) is 13.6 Å². The van der Waals surface area contributed by atoms with Crippen LogP contribution in [0, 0.1) is 11.6 Å². The number of aromatic nitrogens is 1. The molecule has 0 aliphatic rings. The van der Waals surface area contributed by atoms with Gasteiger partial charge in [-0.05, 0) is 35.7 Å². The topological polar surface area (TPSA) is 42.0 Å². The Morgan fingerprint density at radius 1 is 1.07 bits per heavy atom. The minimum Gasteiger partial charge on any atom is -0.347 e. The van der Waals surface area contributed by atoms with Crippen molar-refractivity contribution in [3.63, 3.8) is 0 Å². The van der Waals surface area contributed by atoms with Gasteiger partial charge >= 0.3 is 0 Å². The molecule has 0 saturated heterocycles. The first-order valence-corrected chi connectivity index (χ1v) is 10.1. The van der Waals surface area contributed by atoms with E-state index in [0.29, 0.717) is 22.7 Å². The Labute approximate surface area is 168 Å². The molecule has 2 aromatic heterocycles. The summed E-state index contributed by atoms with van der Waals surface area (Å²) >= 11 is 2.62. The monoisotopic (exact) mass is 412 g/mol. The molecule has 0 bridgehead atoms. The molecule has 3 nitrogen and oxygen atoms in total. The first-order valence-electron chi connectivity index (χ1n) is 8.43. The Kier molecular flexibility index (Phi) is 5.36. The van der Waals surface area contributed by atoms with Crippen molar-refractivity contribution in [3.8, 4) is 0 Å². The number of nitrogens with one attached hydrogen (secondary N) is 1. The molecule has 0 radical (unpaired) electrons. The zero-order chi connectivity index (χ0) is 19.5. The van der Waals surface area contributed by atoms with E-state index in [4.69, 9.17) is 0 Å². The van der Waals surface area contributed by atoms with E-state index in [0.717, 1.165) is 28.1 Å². The molecule has 4 rings (SSSR count). The fraction of sp³-hybridized carbons (Fsp3) is 0.0476. The molecule has 0 aliphatic heterocycles. The number of para-hydroxylation sites is 1. The lowest BCUT2D eigenvalue weighted by molar-refractivity contribution is 0.0952. The summed E-state index contributed by atoms with van der Waals surface area (Å²) in [5.41, 5.74) is 1.10. The minimum atomic E-state index is -0.663. The van der Waals surface area contributed by atoms with Crippen LogP contribution >= 0.6 is 23.1 Å². The van der Waals surface area contributed by atoms with E-state index in [1.54, 1.807) is 23.5 Å². The van der Waals surface area contributed by atoms with E-state index < -0.39 is 11.6 Å². The summed E-state index contributed by atoms with van der Waals surface area (Å²) in [6, 6.07) is 16.2. The van der Waals surface area contributed by atoms with Gasteiger partial charge in [-0.25, -0.2) is 13.8 Å². The lowest BCUT2D eigenvalue weighted by Crippen LogP contribution is -2.22. The Hall–Kier alpha value is -2.77. The van der Waals surface area contributed by atoms with Crippen LogP contribution in [0.2, 0.25) is 0 Å². The summed E-state index contributed by atoms with van der Waals surface area (Å²) in [6.07, 6.45) is 0. The second-order valence-electron chi connectivity index (χ2n) is 5.96. The summed E-state index contributed by atoms with van der Waals surface area (Å²) in [7, 11) is 0. The molecule has 28 heavy (non-hydrogen) atoms. The Morgan fingerprint density at radius 3 is 2.71 bits per heavy atom. The van der Waals surface area contributed by atoms with E-state index >= 15 is 0 Å². The average molecular weight is 412 g/mol. The molecule has 1 amide bonds. The van der Waals surface area contributed by atoms with Crippen LogP contribution in [0.25, 0.3) is 10.9 Å². The number of benzene rings is 2. The second kappa shape index (κ2) is 8.08. The standard InChI is InChI=1S/C21H14F2N2OS2/c22-13-7-8-19(17(23)10-13)28-20-11-16(15-5-1-2-6-18(15)25-20)21(26)24-12-14-4-3-9-27-14/h1-11H,12H2,(H,24,26). The number of nitrogens with zero attached hydrogens (tertiary/aromatic N) is 1. The molecule has 0 fully saturated rings. The van der Waals surface area contributed by atoms with Crippen molar-refractivity contribution >= 4 is 39.9 Å². The molecule has 0 saturated carbocycles. The highest BCUT2D eigenvalue weighted by Crippen LogP contribution is 2.31. The third-order valence-corrected chi connectivity index (χ3v) is 5.89. The van der Waals surface area contributed by atoms with Crippen molar-refractivity contribution in [2.24, 2.45) is 0 Å². The maximum atomic E-state index is 14.0. The number of carbonyl (C=O) groups excluding carboxylic acids is 1. The largest absolute Gasteiger partial charge is 0.347 e. The van der Waals surface area contributed by atoms with Crippen molar-refractivity contribution in [3.05, 3.63) is 88.1 Å². The highest BCUT2D eigenvalue weighted by atomic mass is 32.2. The fourth-order valence-corrected chi connectivity index (χ4v) is 4.22. The smallest absolute Gasteiger partial charge is 0.252 e. The van der Waals surface area contributed by atoms with Gasteiger partial charge < -0.3 is 5.32 Å². The maximum Gasteiger partial charge on any atom is 0.252 e. The Morgan fingerprint density at radius 2 is 1.93 bits per heavy atom. The van der Waals surface area contributed by atoms with Crippen LogP contribution in [0.5, 0.6) is 0 Å². The number of pyridine rings is 1. The predicted octanol–water partition coefficient (Wildman–Crippen LogP) is 5.66. The van der Waals surface area contributed by atoms with Gasteiger partial charge in [-0.15, -0.1) is 11.3 Å². The van der Waals surface area contributed by atoms with Crippen molar-refractivity contribution in [2.75, 3.05) is 0 Å². The second-order valence-corrected chi connectivity index (χ2v) is 8.06. The van der Waals surface area contributed by atoms with Crippen LogP contribution in [0.15, 0.2) is 76.0 Å². The fourth-order valence-electron chi connectivity index (χ4n) is 2.74. The molecule has 2 heterocycles. The molecule has 0 aliphatic carbocycles. The van der Waals surface area contributed by atoms with Gasteiger partial charge in [-0.3, -0.25) is 4.79 Å². The number of carbonyl (C=O) groups is 1. The SMILES string of the molecule is O=C(NCc1cccs1)c1cc(Sc2ccc(F)cc2F)nc2ccccc12. The van der Waals surface area contributed by atoms with Crippen LogP contribution in [0.1, 0.15) is 15.2 Å². The Bertz CT molecular complexity index is 1150. The number of halogens is 2. The number of amides is 1. The molecule has 2 aromatic carbocycles. The van der Waals surface area contributed by atoms with Gasteiger partial charge in [0.25, 0.3) is 5.91 Å². The predicted molar refractivity (Wildman–Crippen MR) is 108 cm³/mol. The van der Waals surface area contributed by atoms with Crippen LogP contribution < -0.4 is 5.32 Å². The van der Waals surface area contributed by atoms with Crippen molar-refractivity contribution in [1.29, 1.82) is 0 Å². The Balaban J connectivity index is 1.67. The zero-order valence-corrected chi connectivity index (χ0v) is 16.1. The average Bonchev–Trinajstić information content (AvgIpc) is 3.21. The van der Waals surface area contributed by atoms with E-state index in [1.165, 1.54) is 12.1 Å². The molecular formula is C21H14F2N2OS2. The van der Waals surface area contributed by atoms with Crippen LogP contribution in [0.3, 0.4) is 0 Å². The van der Waals surface area contributed by atoms with E-state index in [-0.39, 0.29) is 10.8 Å². The minimum absolute atomic E-state index is 0.228. The lowest BCUT2D eigenvalue weighted by atomic mass is 10.1. The van der Waals surface area contributed by atoms with Gasteiger partial charge in [-0.1, -0.05) is 36.0 Å². The van der Waals surface area contributed by atoms with Gasteiger partial charge in [0.1, 0.15) is 16.7 Å². The highest BCUT2D eigenvalue weighted by molar-refractivity contribution is 7.99. The zero-order valence-electron chi connectivity index (χ0n) is 14.5. The maximum absolute atomic E-state index is 14.0. The molecular weight excluding hydrogens is 398 g/mol. The van der Waals surface area contributed by atoms with Gasteiger partial charge in [0.05, 0.1) is 17.6 Å². The first kappa shape index (κ1) is 18.6. The molecule has 0 unspecified atom stereocenters. The molecule has 0 spiro atoms. The first-order chi connectivity index (χ1) is 13.6. The van der Waals surface area contributed by atoms with Crippen LogP contribution in [0.4, 0.5) is 8.78 Å². The summed E-state index contributed by atoms with van der Waals surface area (Å²) < 4.78 is 27.2. The highest BCUT2D eigenvalue weighted by Gasteiger charge is 2.15. The quantitative estimate of drug-likeness (QED) is 0.460. The third-order valence-electron chi connectivity index (χ3n) is 4.05. The number of rotatable bonds is 5. The van der Waals surface area contributed by atoms with Gasteiger partial charge in [0.15, 0.2) is 0 Å². The summed E-state index contributed by atoms with van der Waals surface area (Å²) in [5, 5.41) is 6.05. The van der Waals surface area contributed by atoms with Crippen molar-refractivity contribution < 1.29 is 13.6 Å². The number of hydrogen-bond acceptors (Lipinski definition) is 4. The molecule has 140 valence electrons. The van der Waals surface area contributed by atoms with Gasteiger partial charge in [-0.2, -0.15) is 0 Å². The molecule has 1 N–H and O–H groups in total. The number of hydrogen-bond donors (Lipinski definition) is 1. The van der Waals surface area contributed by atoms with E-state index in [2.05, 4.69) is 10.3 Å². The van der Waals surface area contributed by atoms with Crippen LogP contribution in [-0.4, -0.2) is 10.9 Å². The molecule has 4 aromatic rings. The van der Waals surface area contributed by atoms with Gasteiger partial charge in [0.2, 0.25) is 0 Å². The van der Waals surface area contributed by atoms with Crippen molar-refractivity contribution in [2.45, 2.75) is 16.5 Å². The molecule has 7 heteroatoms. The summed E-state index contributed by atoms with van der Waals surface area (Å²) in [4.78, 5) is 18.6. The number of fused-ring (bicyclic) bond motifs is 1. The van der Waals surface area contributed by atoms with Gasteiger partial charge in [0, 0.05) is 21.2 Å². The third kappa shape index (κ3) is 4.05. The van der Waals surface area contributed by atoms with Crippen LogP contribution in [-0.2, 0) is 6.54 Å². The molecule has 0 atom stereocenters. The normalized spacial score (nSPS) is 10.9. The lowest BCUT2D eigenvalue weighted by Gasteiger charge is -2.10. The number of thiophene rings is 1.